The number of anilines is 1. The van der Waals surface area contributed by atoms with Crippen molar-refractivity contribution in [2.45, 2.75) is 25.3 Å². The number of nitrogens with zero attached hydrogens (tertiary/aromatic N) is 1. The molecule has 0 radical (unpaired) electrons. The molecule has 1 aromatic rings. The summed E-state index contributed by atoms with van der Waals surface area (Å²) in [6.07, 6.45) is 2.00. The largest absolute Gasteiger partial charge is 0.497 e. The quantitative estimate of drug-likeness (QED) is 0.905. The lowest BCUT2D eigenvalue weighted by Gasteiger charge is -2.50. The summed E-state index contributed by atoms with van der Waals surface area (Å²) in [5, 5.41) is 3.02. The smallest absolute Gasteiger partial charge is 0.244 e. The van der Waals surface area contributed by atoms with Crippen LogP contribution >= 0.6 is 0 Å². The standard InChI is InChI=1S/C17H24N2O3/c1-17(7-8-19(17)11-13-6-9-22-12-13)16(20)18-14-4-3-5-15(10-14)21-2/h3-5,10,13H,6-9,11-12H2,1-2H3,(H,18,20). The summed E-state index contributed by atoms with van der Waals surface area (Å²) in [6.45, 7) is 5.64. The summed E-state index contributed by atoms with van der Waals surface area (Å²) in [5.74, 6) is 1.37. The molecule has 2 saturated heterocycles. The first kappa shape index (κ1) is 15.3. The number of hydrogen-bond acceptors (Lipinski definition) is 4. The summed E-state index contributed by atoms with van der Waals surface area (Å²) in [7, 11) is 1.62. The van der Waals surface area contributed by atoms with Gasteiger partial charge in [0.2, 0.25) is 5.91 Å². The Hall–Kier alpha value is -1.59. The molecule has 0 saturated carbocycles. The van der Waals surface area contributed by atoms with Crippen molar-refractivity contribution in [3.63, 3.8) is 0 Å². The predicted octanol–water partition coefficient (Wildman–Crippen LogP) is 2.13. The number of benzene rings is 1. The van der Waals surface area contributed by atoms with Crippen LogP contribution < -0.4 is 10.1 Å². The molecule has 5 heteroatoms. The number of hydrogen-bond donors (Lipinski definition) is 1. The Bertz CT molecular complexity index is 542. The highest BCUT2D eigenvalue weighted by Crippen LogP contribution is 2.33. The third kappa shape index (κ3) is 2.96. The summed E-state index contributed by atoms with van der Waals surface area (Å²) in [6, 6.07) is 7.48. The number of rotatable bonds is 5. The molecule has 2 aliphatic rings. The number of carbonyl (C=O) groups is 1. The molecule has 0 aromatic heterocycles. The van der Waals surface area contributed by atoms with E-state index < -0.39 is 5.54 Å². The fourth-order valence-corrected chi connectivity index (χ4v) is 3.16. The van der Waals surface area contributed by atoms with Crippen molar-refractivity contribution in [2.75, 3.05) is 38.7 Å². The number of carbonyl (C=O) groups excluding carboxylic acids is 1. The van der Waals surface area contributed by atoms with Gasteiger partial charge in [0.1, 0.15) is 5.75 Å². The van der Waals surface area contributed by atoms with Crippen LogP contribution in [-0.2, 0) is 9.53 Å². The van der Waals surface area contributed by atoms with Crippen LogP contribution in [0.1, 0.15) is 19.8 Å². The van der Waals surface area contributed by atoms with Gasteiger partial charge in [-0.3, -0.25) is 9.69 Å². The third-order valence-electron chi connectivity index (χ3n) is 4.89. The van der Waals surface area contributed by atoms with Gasteiger partial charge in [0, 0.05) is 31.5 Å². The van der Waals surface area contributed by atoms with Crippen molar-refractivity contribution in [1.82, 2.24) is 4.90 Å². The highest BCUT2D eigenvalue weighted by atomic mass is 16.5. The van der Waals surface area contributed by atoms with Crippen LogP contribution in [0.3, 0.4) is 0 Å². The second kappa shape index (κ2) is 6.26. The van der Waals surface area contributed by atoms with Gasteiger partial charge in [0.15, 0.2) is 0 Å². The molecule has 3 rings (SSSR count). The van der Waals surface area contributed by atoms with E-state index in [-0.39, 0.29) is 5.91 Å². The minimum Gasteiger partial charge on any atom is -0.497 e. The van der Waals surface area contributed by atoms with Crippen LogP contribution in [0.25, 0.3) is 0 Å². The molecule has 22 heavy (non-hydrogen) atoms. The molecule has 1 N–H and O–H groups in total. The van der Waals surface area contributed by atoms with Gasteiger partial charge in [-0.2, -0.15) is 0 Å². The fourth-order valence-electron chi connectivity index (χ4n) is 3.16. The molecule has 2 atom stereocenters. The molecule has 2 fully saturated rings. The van der Waals surface area contributed by atoms with E-state index >= 15 is 0 Å². The van der Waals surface area contributed by atoms with E-state index in [9.17, 15) is 4.79 Å². The van der Waals surface area contributed by atoms with Crippen LogP contribution in [0.15, 0.2) is 24.3 Å². The van der Waals surface area contributed by atoms with Gasteiger partial charge < -0.3 is 14.8 Å². The Morgan fingerprint density at radius 2 is 2.41 bits per heavy atom. The summed E-state index contributed by atoms with van der Waals surface area (Å²) >= 11 is 0. The topological polar surface area (TPSA) is 50.8 Å². The molecular formula is C17H24N2O3. The van der Waals surface area contributed by atoms with E-state index in [0.29, 0.717) is 5.92 Å². The van der Waals surface area contributed by atoms with Crippen LogP contribution in [0.4, 0.5) is 5.69 Å². The Kier molecular flexibility index (Phi) is 4.36. The average molecular weight is 304 g/mol. The second-order valence-electron chi connectivity index (χ2n) is 6.39. The molecule has 2 unspecified atom stereocenters. The number of methoxy groups -OCH3 is 1. The minimum absolute atomic E-state index is 0.0610. The molecule has 1 amide bonds. The Morgan fingerprint density at radius 1 is 1.55 bits per heavy atom. The lowest BCUT2D eigenvalue weighted by molar-refractivity contribution is -0.136. The molecule has 0 spiro atoms. The minimum atomic E-state index is -0.411. The zero-order valence-corrected chi connectivity index (χ0v) is 13.3. The molecule has 2 aliphatic heterocycles. The van der Waals surface area contributed by atoms with E-state index in [1.807, 2.05) is 31.2 Å². The number of amides is 1. The molecule has 0 aliphatic carbocycles. The SMILES string of the molecule is COc1cccc(NC(=O)C2(C)CCN2CC2CCOC2)c1. The maximum absolute atomic E-state index is 12.7. The number of nitrogens with one attached hydrogen (secondary N) is 1. The monoisotopic (exact) mass is 304 g/mol. The van der Waals surface area contributed by atoms with Crippen molar-refractivity contribution < 1.29 is 14.3 Å². The number of ether oxygens (including phenoxy) is 2. The molecular weight excluding hydrogens is 280 g/mol. The highest BCUT2D eigenvalue weighted by Gasteiger charge is 2.47. The van der Waals surface area contributed by atoms with Crippen LogP contribution in [0.2, 0.25) is 0 Å². The lowest BCUT2D eigenvalue weighted by Crippen LogP contribution is -2.65. The molecule has 5 nitrogen and oxygen atoms in total. The molecule has 0 bridgehead atoms. The first-order valence-corrected chi connectivity index (χ1v) is 7.90. The van der Waals surface area contributed by atoms with Crippen molar-refractivity contribution in [2.24, 2.45) is 5.92 Å². The maximum atomic E-state index is 12.7. The van der Waals surface area contributed by atoms with Crippen molar-refractivity contribution in [1.29, 1.82) is 0 Å². The molecule has 120 valence electrons. The Labute approximate surface area is 131 Å². The van der Waals surface area contributed by atoms with Gasteiger partial charge in [0.25, 0.3) is 0 Å². The maximum Gasteiger partial charge on any atom is 0.244 e. The Morgan fingerprint density at radius 3 is 3.05 bits per heavy atom. The third-order valence-corrected chi connectivity index (χ3v) is 4.89. The van der Waals surface area contributed by atoms with Crippen molar-refractivity contribution in [3.05, 3.63) is 24.3 Å². The summed E-state index contributed by atoms with van der Waals surface area (Å²) < 4.78 is 10.6. The first-order chi connectivity index (χ1) is 10.6. The van der Waals surface area contributed by atoms with E-state index in [4.69, 9.17) is 9.47 Å². The van der Waals surface area contributed by atoms with E-state index in [2.05, 4.69) is 10.2 Å². The van der Waals surface area contributed by atoms with Crippen LogP contribution in [0, 0.1) is 5.92 Å². The predicted molar refractivity (Wildman–Crippen MR) is 85.1 cm³/mol. The highest BCUT2D eigenvalue weighted by molar-refractivity contribution is 5.98. The zero-order valence-electron chi connectivity index (χ0n) is 13.3. The van der Waals surface area contributed by atoms with E-state index in [1.54, 1.807) is 7.11 Å². The van der Waals surface area contributed by atoms with Crippen LogP contribution in [-0.4, -0.2) is 49.8 Å². The zero-order chi connectivity index (χ0) is 15.6. The van der Waals surface area contributed by atoms with Gasteiger partial charge in [-0.15, -0.1) is 0 Å². The van der Waals surface area contributed by atoms with Gasteiger partial charge in [-0.25, -0.2) is 0 Å². The van der Waals surface area contributed by atoms with Gasteiger partial charge in [-0.05, 0) is 37.8 Å². The number of likely N-dealkylation sites (tertiary alicyclic amines) is 1. The van der Waals surface area contributed by atoms with Crippen molar-refractivity contribution >= 4 is 11.6 Å². The second-order valence-corrected chi connectivity index (χ2v) is 6.39. The molecule has 1 aromatic carbocycles. The van der Waals surface area contributed by atoms with Gasteiger partial charge >= 0.3 is 0 Å². The first-order valence-electron chi connectivity index (χ1n) is 7.90. The fraction of sp³-hybridized carbons (Fsp3) is 0.588. The normalized spacial score (nSPS) is 28.2. The summed E-state index contributed by atoms with van der Waals surface area (Å²) in [4.78, 5) is 15.0. The van der Waals surface area contributed by atoms with Gasteiger partial charge in [0.05, 0.1) is 19.3 Å². The Balaban J connectivity index is 1.62. The van der Waals surface area contributed by atoms with Gasteiger partial charge in [-0.1, -0.05) is 6.07 Å². The van der Waals surface area contributed by atoms with E-state index in [0.717, 1.165) is 50.6 Å². The molecule has 2 heterocycles. The average Bonchev–Trinajstić information content (AvgIpc) is 3.04. The van der Waals surface area contributed by atoms with Crippen molar-refractivity contribution in [3.8, 4) is 5.75 Å². The lowest BCUT2D eigenvalue weighted by atomic mass is 9.84. The summed E-state index contributed by atoms with van der Waals surface area (Å²) in [5.41, 5.74) is 0.368. The van der Waals surface area contributed by atoms with Crippen LogP contribution in [0.5, 0.6) is 5.75 Å². The van der Waals surface area contributed by atoms with E-state index in [1.165, 1.54) is 0 Å².